The highest BCUT2D eigenvalue weighted by Gasteiger charge is 2.23. The molecule has 0 aliphatic heterocycles. The van der Waals surface area contributed by atoms with E-state index in [1.165, 1.54) is 4.57 Å². The van der Waals surface area contributed by atoms with Crippen LogP contribution in [-0.2, 0) is 17.9 Å². The Kier molecular flexibility index (Phi) is 5.12. The lowest BCUT2D eigenvalue weighted by Gasteiger charge is -2.21. The van der Waals surface area contributed by atoms with Crippen LogP contribution in [0.25, 0.3) is 21.1 Å². The molecule has 7 nitrogen and oxygen atoms in total. The quantitative estimate of drug-likeness (QED) is 0.502. The van der Waals surface area contributed by atoms with Crippen molar-refractivity contribution in [1.29, 1.82) is 0 Å². The Morgan fingerprint density at radius 1 is 1.14 bits per heavy atom. The standard InChI is InChI=1S/C21H21N5O2S/c1-13(20-24-16-9-5-6-10-17(16)29-20)25(2)12-19-23-15-8-4-3-7-14(15)21(28)26(19)11-18(22)27/h3-10,13H,11-12H2,1-2H3,(H2,22,27)/p+1/t13-/m0/s1. The number of hydrogen-bond donors (Lipinski definition) is 2. The Bertz CT molecular complexity index is 1230. The summed E-state index contributed by atoms with van der Waals surface area (Å²) in [4.78, 5) is 35.0. The van der Waals surface area contributed by atoms with Crippen molar-refractivity contribution in [3.8, 4) is 0 Å². The first-order chi connectivity index (χ1) is 13.9. The minimum atomic E-state index is -0.567. The predicted octanol–water partition coefficient (Wildman–Crippen LogP) is 1.27. The maximum absolute atomic E-state index is 12.9. The number of fused-ring (bicyclic) bond motifs is 2. The smallest absolute Gasteiger partial charge is 0.262 e. The number of primary amides is 1. The van der Waals surface area contributed by atoms with Crippen LogP contribution >= 0.6 is 11.3 Å². The first-order valence-corrected chi connectivity index (χ1v) is 10.2. The fraction of sp³-hybridized carbons (Fsp3) is 0.238. The van der Waals surface area contributed by atoms with Crippen LogP contribution in [-0.4, -0.2) is 27.5 Å². The van der Waals surface area contributed by atoms with Crippen molar-refractivity contribution in [3.05, 3.63) is 69.7 Å². The monoisotopic (exact) mass is 408 g/mol. The summed E-state index contributed by atoms with van der Waals surface area (Å²) in [5.41, 5.74) is 6.75. The normalized spacial score (nSPS) is 13.6. The number of thiazole rings is 1. The Labute approximate surface area is 171 Å². The third-order valence-corrected chi connectivity index (χ3v) is 6.33. The molecule has 2 heterocycles. The highest BCUT2D eigenvalue weighted by Crippen LogP contribution is 2.24. The summed E-state index contributed by atoms with van der Waals surface area (Å²) in [5.74, 6) is -0.0275. The van der Waals surface area contributed by atoms with Crippen molar-refractivity contribution < 1.29 is 9.69 Å². The number of para-hydroxylation sites is 2. The summed E-state index contributed by atoms with van der Waals surface area (Å²) >= 11 is 1.67. The molecule has 0 aliphatic carbocycles. The summed E-state index contributed by atoms with van der Waals surface area (Å²) in [7, 11) is 2.03. The molecule has 0 spiro atoms. The van der Waals surface area contributed by atoms with Gasteiger partial charge in [0.2, 0.25) is 5.91 Å². The topological polar surface area (TPSA) is 95.3 Å². The number of quaternary nitrogens is 1. The Morgan fingerprint density at radius 3 is 2.55 bits per heavy atom. The van der Waals surface area contributed by atoms with Crippen LogP contribution in [0.2, 0.25) is 0 Å². The van der Waals surface area contributed by atoms with Crippen LogP contribution in [0.3, 0.4) is 0 Å². The summed E-state index contributed by atoms with van der Waals surface area (Å²) in [6.45, 7) is 2.38. The van der Waals surface area contributed by atoms with E-state index in [2.05, 4.69) is 18.0 Å². The Morgan fingerprint density at radius 2 is 1.83 bits per heavy atom. The van der Waals surface area contributed by atoms with Gasteiger partial charge in [-0.2, -0.15) is 0 Å². The van der Waals surface area contributed by atoms with Gasteiger partial charge in [0.1, 0.15) is 19.1 Å². The third kappa shape index (κ3) is 3.76. The molecule has 8 heteroatoms. The lowest BCUT2D eigenvalue weighted by Crippen LogP contribution is -3.07. The van der Waals surface area contributed by atoms with Gasteiger partial charge in [-0.15, -0.1) is 11.3 Å². The van der Waals surface area contributed by atoms with E-state index in [0.29, 0.717) is 23.3 Å². The molecule has 0 bridgehead atoms. The lowest BCUT2D eigenvalue weighted by molar-refractivity contribution is -0.924. The van der Waals surface area contributed by atoms with Crippen molar-refractivity contribution in [2.45, 2.75) is 26.1 Å². The fourth-order valence-corrected chi connectivity index (χ4v) is 4.47. The SMILES string of the molecule is C[C@@H](c1nc2ccccc2s1)[NH+](C)Cc1nc2ccccc2c(=O)n1CC(N)=O. The van der Waals surface area contributed by atoms with Crippen molar-refractivity contribution in [1.82, 2.24) is 14.5 Å². The van der Waals surface area contributed by atoms with Crippen LogP contribution in [0.4, 0.5) is 0 Å². The second-order valence-electron chi connectivity index (χ2n) is 7.17. The van der Waals surface area contributed by atoms with E-state index >= 15 is 0 Å². The van der Waals surface area contributed by atoms with E-state index in [9.17, 15) is 9.59 Å². The predicted molar refractivity (Wildman–Crippen MR) is 114 cm³/mol. The molecule has 1 unspecified atom stereocenters. The number of benzene rings is 2. The van der Waals surface area contributed by atoms with Gasteiger partial charge in [-0.1, -0.05) is 24.3 Å². The zero-order chi connectivity index (χ0) is 20.5. The summed E-state index contributed by atoms with van der Waals surface area (Å²) in [5, 5.41) is 1.50. The van der Waals surface area contributed by atoms with Gasteiger partial charge in [0.15, 0.2) is 10.8 Å². The Hall–Kier alpha value is -3.10. The van der Waals surface area contributed by atoms with Crippen molar-refractivity contribution >= 4 is 38.4 Å². The molecular weight excluding hydrogens is 386 g/mol. The fourth-order valence-electron chi connectivity index (χ4n) is 3.36. The molecule has 2 atom stereocenters. The molecule has 29 heavy (non-hydrogen) atoms. The average Bonchev–Trinajstić information content (AvgIpc) is 3.14. The third-order valence-electron chi connectivity index (χ3n) is 5.11. The number of nitrogens with two attached hydrogens (primary N) is 1. The van der Waals surface area contributed by atoms with E-state index in [4.69, 9.17) is 10.7 Å². The molecule has 0 saturated carbocycles. The number of carbonyl (C=O) groups excluding carboxylic acids is 1. The zero-order valence-electron chi connectivity index (χ0n) is 16.3. The van der Waals surface area contributed by atoms with Gasteiger partial charge >= 0.3 is 0 Å². The largest absolute Gasteiger partial charge is 0.368 e. The molecule has 0 saturated heterocycles. The molecule has 1 amide bonds. The highest BCUT2D eigenvalue weighted by atomic mass is 32.1. The molecule has 0 fully saturated rings. The van der Waals surface area contributed by atoms with Gasteiger partial charge in [0.05, 0.1) is 28.2 Å². The molecule has 2 aromatic heterocycles. The molecule has 4 rings (SSSR count). The lowest BCUT2D eigenvalue weighted by atomic mass is 10.2. The number of amides is 1. The number of aromatic nitrogens is 3. The molecule has 148 valence electrons. The maximum Gasteiger partial charge on any atom is 0.262 e. The summed E-state index contributed by atoms with van der Waals surface area (Å²) < 4.78 is 2.54. The maximum atomic E-state index is 12.9. The van der Waals surface area contributed by atoms with Gasteiger partial charge in [-0.3, -0.25) is 14.2 Å². The van der Waals surface area contributed by atoms with Crippen molar-refractivity contribution in [2.24, 2.45) is 5.73 Å². The molecule has 0 aliphatic rings. The van der Waals surface area contributed by atoms with E-state index in [-0.39, 0.29) is 18.1 Å². The average molecular weight is 409 g/mol. The number of carbonyl (C=O) groups is 1. The van der Waals surface area contributed by atoms with Crippen molar-refractivity contribution in [3.63, 3.8) is 0 Å². The van der Waals surface area contributed by atoms with Gasteiger partial charge in [-0.25, -0.2) is 9.97 Å². The van der Waals surface area contributed by atoms with E-state index in [1.807, 2.05) is 31.3 Å². The number of nitrogens with zero attached hydrogens (tertiary/aromatic N) is 3. The number of rotatable bonds is 6. The number of hydrogen-bond acceptors (Lipinski definition) is 5. The second-order valence-corrected chi connectivity index (χ2v) is 8.23. The van der Waals surface area contributed by atoms with Crippen LogP contribution in [0.5, 0.6) is 0 Å². The van der Waals surface area contributed by atoms with E-state index < -0.39 is 5.91 Å². The summed E-state index contributed by atoms with van der Waals surface area (Å²) in [6.07, 6.45) is 0. The molecule has 0 radical (unpaired) electrons. The van der Waals surface area contributed by atoms with Gasteiger partial charge in [0.25, 0.3) is 5.56 Å². The zero-order valence-corrected chi connectivity index (χ0v) is 17.1. The van der Waals surface area contributed by atoms with Gasteiger partial charge < -0.3 is 10.6 Å². The minimum absolute atomic E-state index is 0.0952. The molecule has 4 aromatic rings. The first kappa shape index (κ1) is 19.2. The van der Waals surface area contributed by atoms with Crippen LogP contribution in [0.1, 0.15) is 23.8 Å². The highest BCUT2D eigenvalue weighted by molar-refractivity contribution is 7.18. The number of nitrogens with one attached hydrogen (secondary N) is 1. The van der Waals surface area contributed by atoms with Gasteiger partial charge in [-0.05, 0) is 31.2 Å². The molecule has 2 aromatic carbocycles. The Balaban J connectivity index is 1.70. The van der Waals surface area contributed by atoms with E-state index in [1.54, 1.807) is 29.5 Å². The second kappa shape index (κ2) is 7.73. The van der Waals surface area contributed by atoms with Crippen LogP contribution < -0.4 is 16.2 Å². The summed E-state index contributed by atoms with van der Waals surface area (Å²) in [6, 6.07) is 15.3. The first-order valence-electron chi connectivity index (χ1n) is 9.38. The van der Waals surface area contributed by atoms with Crippen LogP contribution in [0, 0.1) is 0 Å². The van der Waals surface area contributed by atoms with Gasteiger partial charge in [0, 0.05) is 0 Å². The van der Waals surface area contributed by atoms with Crippen LogP contribution in [0.15, 0.2) is 53.3 Å². The minimum Gasteiger partial charge on any atom is -0.368 e. The van der Waals surface area contributed by atoms with E-state index in [0.717, 1.165) is 20.1 Å². The molecule has 3 N–H and O–H groups in total. The van der Waals surface area contributed by atoms with Crippen molar-refractivity contribution in [2.75, 3.05) is 7.05 Å². The molecular formula is C21H22N5O2S+.